The van der Waals surface area contributed by atoms with E-state index in [1.54, 1.807) is 22.9 Å². The number of hydrazine groups is 1. The van der Waals surface area contributed by atoms with E-state index in [2.05, 4.69) is 10.4 Å². The highest BCUT2D eigenvalue weighted by Gasteiger charge is 2.10. The number of benzene rings is 1. The van der Waals surface area contributed by atoms with Gasteiger partial charge in [-0.1, -0.05) is 0 Å². The van der Waals surface area contributed by atoms with Crippen LogP contribution in [0.1, 0.15) is 10.6 Å². The quantitative estimate of drug-likeness (QED) is 0.481. The lowest BCUT2D eigenvalue weighted by Crippen LogP contribution is -2.08. The zero-order valence-corrected chi connectivity index (χ0v) is 11.6. The standard InChI is InChI=1S/C12H14N4O3S/c1-8-12(20-7-14-8)2-3-19-11-5-9(15-13)4-10(6-11)16(17)18/h4-7,15H,2-3,13H2,1H3. The molecular formula is C12H14N4O3S. The first-order chi connectivity index (χ1) is 9.60. The zero-order chi connectivity index (χ0) is 14.5. The second-order valence-electron chi connectivity index (χ2n) is 4.08. The SMILES string of the molecule is Cc1ncsc1CCOc1cc(NN)cc([N+](=O)[O-])c1. The van der Waals surface area contributed by atoms with Crippen LogP contribution in [0.4, 0.5) is 11.4 Å². The van der Waals surface area contributed by atoms with Crippen LogP contribution in [-0.4, -0.2) is 16.5 Å². The third kappa shape index (κ3) is 3.43. The smallest absolute Gasteiger partial charge is 0.275 e. The first-order valence-corrected chi connectivity index (χ1v) is 6.76. The summed E-state index contributed by atoms with van der Waals surface area (Å²) in [4.78, 5) is 15.6. The first kappa shape index (κ1) is 14.2. The monoisotopic (exact) mass is 294 g/mol. The Balaban J connectivity index is 2.03. The summed E-state index contributed by atoms with van der Waals surface area (Å²) in [5.41, 5.74) is 5.53. The van der Waals surface area contributed by atoms with Gasteiger partial charge in [-0.15, -0.1) is 11.3 Å². The van der Waals surface area contributed by atoms with Crippen molar-refractivity contribution >= 4 is 22.7 Å². The van der Waals surface area contributed by atoms with Gasteiger partial charge in [0.2, 0.25) is 0 Å². The second kappa shape index (κ2) is 6.31. The van der Waals surface area contributed by atoms with Crippen molar-refractivity contribution in [2.45, 2.75) is 13.3 Å². The van der Waals surface area contributed by atoms with E-state index >= 15 is 0 Å². The van der Waals surface area contributed by atoms with Gasteiger partial charge in [0.1, 0.15) is 5.75 Å². The van der Waals surface area contributed by atoms with Crippen molar-refractivity contribution in [3.8, 4) is 5.75 Å². The summed E-state index contributed by atoms with van der Waals surface area (Å²) in [6, 6.07) is 4.34. The number of nitro benzene ring substituents is 1. The number of nitrogen functional groups attached to an aromatic ring is 1. The number of hydrogen-bond acceptors (Lipinski definition) is 7. The highest BCUT2D eigenvalue weighted by molar-refractivity contribution is 7.09. The van der Waals surface area contributed by atoms with E-state index < -0.39 is 4.92 Å². The number of non-ortho nitro benzene ring substituents is 1. The lowest BCUT2D eigenvalue weighted by atomic mass is 10.2. The number of anilines is 1. The number of nitrogens with two attached hydrogens (primary N) is 1. The van der Waals surface area contributed by atoms with Crippen LogP contribution in [0.15, 0.2) is 23.7 Å². The molecule has 1 aromatic carbocycles. The largest absolute Gasteiger partial charge is 0.493 e. The predicted octanol–water partition coefficient (Wildman–Crippen LogP) is 2.27. The van der Waals surface area contributed by atoms with Crippen molar-refractivity contribution < 1.29 is 9.66 Å². The zero-order valence-electron chi connectivity index (χ0n) is 10.8. The van der Waals surface area contributed by atoms with Gasteiger partial charge in [0.15, 0.2) is 0 Å². The maximum absolute atomic E-state index is 10.8. The van der Waals surface area contributed by atoms with Gasteiger partial charge in [-0.2, -0.15) is 0 Å². The van der Waals surface area contributed by atoms with E-state index in [9.17, 15) is 10.1 Å². The Kier molecular flexibility index (Phi) is 4.49. The van der Waals surface area contributed by atoms with Crippen LogP contribution in [0.2, 0.25) is 0 Å². The molecule has 0 amide bonds. The number of nitro groups is 1. The summed E-state index contributed by atoms with van der Waals surface area (Å²) in [6.07, 6.45) is 0.713. The van der Waals surface area contributed by atoms with Gasteiger partial charge in [-0.05, 0) is 6.92 Å². The van der Waals surface area contributed by atoms with Gasteiger partial charge in [0.25, 0.3) is 5.69 Å². The second-order valence-corrected chi connectivity index (χ2v) is 5.02. The fourth-order valence-corrected chi connectivity index (χ4v) is 2.45. The van der Waals surface area contributed by atoms with Crippen LogP contribution < -0.4 is 16.0 Å². The highest BCUT2D eigenvalue weighted by Crippen LogP contribution is 2.25. The third-order valence-electron chi connectivity index (χ3n) is 2.71. The summed E-state index contributed by atoms with van der Waals surface area (Å²) < 4.78 is 5.55. The third-order valence-corrected chi connectivity index (χ3v) is 3.71. The summed E-state index contributed by atoms with van der Waals surface area (Å²) >= 11 is 1.57. The van der Waals surface area contributed by atoms with Crippen molar-refractivity contribution in [2.75, 3.05) is 12.0 Å². The van der Waals surface area contributed by atoms with Gasteiger partial charge in [0.05, 0.1) is 34.5 Å². The highest BCUT2D eigenvalue weighted by atomic mass is 32.1. The number of ether oxygens (including phenoxy) is 1. The average Bonchev–Trinajstić information content (AvgIpc) is 2.84. The topological polar surface area (TPSA) is 103 Å². The van der Waals surface area contributed by atoms with E-state index in [4.69, 9.17) is 10.6 Å². The Labute approximate surface area is 119 Å². The molecule has 0 atom stereocenters. The minimum absolute atomic E-state index is 0.0654. The summed E-state index contributed by atoms with van der Waals surface area (Å²) in [5, 5.41) is 10.8. The molecule has 3 N–H and O–H groups in total. The number of hydrogen-bond donors (Lipinski definition) is 2. The van der Waals surface area contributed by atoms with Crippen molar-refractivity contribution in [1.29, 1.82) is 0 Å². The Hall–Kier alpha value is -2.19. The molecule has 0 saturated heterocycles. The van der Waals surface area contributed by atoms with Crippen molar-refractivity contribution in [3.05, 3.63) is 44.4 Å². The summed E-state index contributed by atoms with van der Waals surface area (Å²) in [7, 11) is 0. The number of aryl methyl sites for hydroxylation is 1. The van der Waals surface area contributed by atoms with E-state index in [1.807, 2.05) is 6.92 Å². The molecule has 106 valence electrons. The summed E-state index contributed by atoms with van der Waals surface area (Å²) in [6.45, 7) is 2.36. The Morgan fingerprint density at radius 3 is 2.90 bits per heavy atom. The van der Waals surface area contributed by atoms with Crippen LogP contribution in [0, 0.1) is 17.0 Å². The fraction of sp³-hybridized carbons (Fsp3) is 0.250. The maximum atomic E-state index is 10.8. The van der Waals surface area contributed by atoms with Crippen molar-refractivity contribution in [1.82, 2.24) is 4.98 Å². The van der Waals surface area contributed by atoms with Crippen LogP contribution in [0.3, 0.4) is 0 Å². The van der Waals surface area contributed by atoms with Gasteiger partial charge >= 0.3 is 0 Å². The van der Waals surface area contributed by atoms with Crippen LogP contribution >= 0.6 is 11.3 Å². The molecule has 0 fully saturated rings. The maximum Gasteiger partial charge on any atom is 0.275 e. The molecular weight excluding hydrogens is 280 g/mol. The molecule has 0 aliphatic carbocycles. The van der Waals surface area contributed by atoms with Crippen LogP contribution in [0.25, 0.3) is 0 Å². The molecule has 2 rings (SSSR count). The molecule has 0 aliphatic heterocycles. The minimum Gasteiger partial charge on any atom is -0.493 e. The molecule has 1 heterocycles. The molecule has 20 heavy (non-hydrogen) atoms. The van der Waals surface area contributed by atoms with Crippen LogP contribution in [0.5, 0.6) is 5.75 Å². The van der Waals surface area contributed by atoms with Gasteiger partial charge in [0, 0.05) is 23.4 Å². The van der Waals surface area contributed by atoms with Gasteiger partial charge < -0.3 is 10.2 Å². The van der Waals surface area contributed by atoms with E-state index in [0.717, 1.165) is 10.6 Å². The lowest BCUT2D eigenvalue weighted by Gasteiger charge is -2.08. The molecule has 0 radical (unpaired) electrons. The number of nitrogens with one attached hydrogen (secondary N) is 1. The minimum atomic E-state index is -0.485. The first-order valence-electron chi connectivity index (χ1n) is 5.88. The van der Waals surface area contributed by atoms with E-state index in [1.165, 1.54) is 12.1 Å². The molecule has 8 heteroatoms. The number of nitrogens with zero attached hydrogens (tertiary/aromatic N) is 2. The van der Waals surface area contributed by atoms with Gasteiger partial charge in [-0.25, -0.2) is 4.98 Å². The number of aromatic nitrogens is 1. The Bertz CT molecular complexity index is 614. The molecule has 0 aliphatic rings. The Morgan fingerprint density at radius 2 is 2.30 bits per heavy atom. The Morgan fingerprint density at radius 1 is 1.50 bits per heavy atom. The number of rotatable bonds is 6. The molecule has 2 aromatic rings. The average molecular weight is 294 g/mol. The lowest BCUT2D eigenvalue weighted by molar-refractivity contribution is -0.384. The molecule has 0 unspecified atom stereocenters. The normalized spacial score (nSPS) is 10.3. The molecule has 7 nitrogen and oxygen atoms in total. The summed E-state index contributed by atoms with van der Waals surface area (Å²) in [5.74, 6) is 5.69. The van der Waals surface area contributed by atoms with Crippen molar-refractivity contribution in [3.63, 3.8) is 0 Å². The molecule has 1 aromatic heterocycles. The van der Waals surface area contributed by atoms with E-state index in [-0.39, 0.29) is 5.69 Å². The predicted molar refractivity (Wildman–Crippen MR) is 77.0 cm³/mol. The van der Waals surface area contributed by atoms with E-state index in [0.29, 0.717) is 24.5 Å². The molecule has 0 bridgehead atoms. The fourth-order valence-electron chi connectivity index (χ4n) is 1.68. The van der Waals surface area contributed by atoms with Crippen molar-refractivity contribution in [2.24, 2.45) is 5.84 Å². The molecule has 0 spiro atoms. The molecule has 0 saturated carbocycles. The van der Waals surface area contributed by atoms with Crippen LogP contribution in [-0.2, 0) is 6.42 Å². The van der Waals surface area contributed by atoms with Gasteiger partial charge in [-0.3, -0.25) is 16.0 Å². The number of thiazole rings is 1.